The molecule has 0 unspecified atom stereocenters. The van der Waals surface area contributed by atoms with Crippen molar-refractivity contribution in [2.75, 3.05) is 25.1 Å². The number of sulfonamides is 1. The van der Waals surface area contributed by atoms with Crippen molar-refractivity contribution in [3.05, 3.63) is 48.0 Å². The summed E-state index contributed by atoms with van der Waals surface area (Å²) >= 11 is 0. The minimum Gasteiger partial charge on any atom is -0.490 e. The van der Waals surface area contributed by atoms with Gasteiger partial charge in [-0.3, -0.25) is 4.79 Å². The Morgan fingerprint density at radius 2 is 1.65 bits per heavy atom. The van der Waals surface area contributed by atoms with Crippen LogP contribution in [0.2, 0.25) is 0 Å². The Morgan fingerprint density at radius 3 is 2.26 bits per heavy atom. The van der Waals surface area contributed by atoms with E-state index in [2.05, 4.69) is 10.0 Å². The van der Waals surface area contributed by atoms with Crippen LogP contribution < -0.4 is 19.5 Å². The maximum Gasteiger partial charge on any atom is 0.255 e. The molecule has 0 bridgehead atoms. The summed E-state index contributed by atoms with van der Waals surface area (Å²) in [6, 6.07) is 12.6. The molecule has 2 N–H and O–H groups in total. The van der Waals surface area contributed by atoms with Crippen LogP contribution in [0.25, 0.3) is 0 Å². The molecule has 0 saturated heterocycles. The largest absolute Gasteiger partial charge is 0.490 e. The van der Waals surface area contributed by atoms with Gasteiger partial charge in [-0.15, -0.1) is 0 Å². The fourth-order valence-corrected chi connectivity index (χ4v) is 3.59. The summed E-state index contributed by atoms with van der Waals surface area (Å²) in [7, 11) is -3.72. The molecule has 8 nitrogen and oxygen atoms in total. The van der Waals surface area contributed by atoms with Gasteiger partial charge in [0.15, 0.2) is 11.5 Å². The summed E-state index contributed by atoms with van der Waals surface area (Å²) in [6.45, 7) is 5.13. The van der Waals surface area contributed by atoms with Crippen molar-refractivity contribution < 1.29 is 22.7 Å². The van der Waals surface area contributed by atoms with E-state index in [1.165, 1.54) is 24.3 Å². The number of carbonyl (C=O) groups excluding carboxylic acids is 1. The number of anilines is 1. The third-order valence-electron chi connectivity index (χ3n) is 4.08. The van der Waals surface area contributed by atoms with Crippen LogP contribution in [0.1, 0.15) is 43.5 Å². The van der Waals surface area contributed by atoms with Crippen LogP contribution in [0.5, 0.6) is 11.5 Å². The molecular weight excluding hydrogens is 418 g/mol. The van der Waals surface area contributed by atoms with Crippen molar-refractivity contribution in [3.8, 4) is 17.6 Å². The third kappa shape index (κ3) is 7.27. The second-order valence-electron chi connectivity index (χ2n) is 6.64. The lowest BCUT2D eigenvalue weighted by Crippen LogP contribution is -2.24. The summed E-state index contributed by atoms with van der Waals surface area (Å²) in [5.41, 5.74) is 0.841. The van der Waals surface area contributed by atoms with Crippen LogP contribution in [0.4, 0.5) is 5.69 Å². The van der Waals surface area contributed by atoms with Crippen molar-refractivity contribution >= 4 is 21.6 Å². The van der Waals surface area contributed by atoms with Crippen molar-refractivity contribution in [2.45, 2.75) is 38.0 Å². The minimum atomic E-state index is -3.72. The smallest absolute Gasteiger partial charge is 0.255 e. The number of amides is 1. The molecule has 0 fully saturated rings. The maximum atomic E-state index is 12.6. The van der Waals surface area contributed by atoms with Gasteiger partial charge < -0.3 is 14.8 Å². The van der Waals surface area contributed by atoms with Gasteiger partial charge in [-0.1, -0.05) is 13.8 Å². The van der Waals surface area contributed by atoms with E-state index in [0.717, 1.165) is 12.8 Å². The average Bonchev–Trinajstić information content (AvgIpc) is 2.77. The second kappa shape index (κ2) is 11.9. The lowest BCUT2D eigenvalue weighted by atomic mass is 10.2. The Balaban J connectivity index is 2.11. The molecule has 1 amide bonds. The molecule has 31 heavy (non-hydrogen) atoms. The Labute approximate surface area is 183 Å². The molecule has 166 valence electrons. The summed E-state index contributed by atoms with van der Waals surface area (Å²) < 4.78 is 38.1. The SMILES string of the molecule is CCCOc1ccc(NC(=O)c2ccc(S(=O)(=O)NCCC#N)cc2)cc1OCCC. The highest BCUT2D eigenvalue weighted by Gasteiger charge is 2.15. The van der Waals surface area contributed by atoms with E-state index in [0.29, 0.717) is 36.0 Å². The molecule has 0 saturated carbocycles. The molecule has 2 rings (SSSR count). The Bertz CT molecular complexity index is 1010. The number of benzene rings is 2. The number of nitrogens with zero attached hydrogens (tertiary/aromatic N) is 1. The van der Waals surface area contributed by atoms with Gasteiger partial charge in [0.2, 0.25) is 10.0 Å². The molecule has 0 aliphatic rings. The molecule has 2 aromatic rings. The normalized spacial score (nSPS) is 10.9. The van der Waals surface area contributed by atoms with E-state index in [1.807, 2.05) is 19.9 Å². The van der Waals surface area contributed by atoms with Crippen LogP contribution in [0.15, 0.2) is 47.4 Å². The predicted molar refractivity (Wildman–Crippen MR) is 118 cm³/mol. The first-order valence-corrected chi connectivity index (χ1v) is 11.6. The van der Waals surface area contributed by atoms with Gasteiger partial charge in [0.25, 0.3) is 5.91 Å². The lowest BCUT2D eigenvalue weighted by molar-refractivity contribution is 0.102. The fraction of sp³-hybridized carbons (Fsp3) is 0.364. The highest BCUT2D eigenvalue weighted by Crippen LogP contribution is 2.31. The van der Waals surface area contributed by atoms with E-state index in [1.54, 1.807) is 18.2 Å². The summed E-state index contributed by atoms with van der Waals surface area (Å²) in [6.07, 6.45) is 1.78. The van der Waals surface area contributed by atoms with Crippen molar-refractivity contribution in [2.24, 2.45) is 0 Å². The molecule has 0 atom stereocenters. The average molecular weight is 446 g/mol. The zero-order chi connectivity index (χ0) is 22.7. The van der Waals surface area contributed by atoms with E-state index in [-0.39, 0.29) is 23.8 Å². The summed E-state index contributed by atoms with van der Waals surface area (Å²) in [5.74, 6) is 0.787. The Hall–Kier alpha value is -3.09. The van der Waals surface area contributed by atoms with Crippen molar-refractivity contribution in [1.82, 2.24) is 4.72 Å². The van der Waals surface area contributed by atoms with Gasteiger partial charge in [0.1, 0.15) is 0 Å². The number of nitriles is 1. The van der Waals surface area contributed by atoms with Crippen LogP contribution >= 0.6 is 0 Å². The molecule has 0 spiro atoms. The van der Waals surface area contributed by atoms with Crippen LogP contribution in [-0.2, 0) is 10.0 Å². The van der Waals surface area contributed by atoms with E-state index >= 15 is 0 Å². The third-order valence-corrected chi connectivity index (χ3v) is 5.56. The molecule has 0 radical (unpaired) electrons. The highest BCUT2D eigenvalue weighted by molar-refractivity contribution is 7.89. The van der Waals surface area contributed by atoms with Crippen molar-refractivity contribution in [1.29, 1.82) is 5.26 Å². The quantitative estimate of drug-likeness (QED) is 0.481. The first-order valence-electron chi connectivity index (χ1n) is 10.1. The monoisotopic (exact) mass is 445 g/mol. The van der Waals surface area contributed by atoms with E-state index < -0.39 is 10.0 Å². The summed E-state index contributed by atoms with van der Waals surface area (Å²) in [4.78, 5) is 12.6. The van der Waals surface area contributed by atoms with Gasteiger partial charge in [0, 0.05) is 30.3 Å². The van der Waals surface area contributed by atoms with Crippen LogP contribution in [0.3, 0.4) is 0 Å². The number of ether oxygens (including phenoxy) is 2. The van der Waals surface area contributed by atoms with E-state index in [9.17, 15) is 13.2 Å². The van der Waals surface area contributed by atoms with Gasteiger partial charge in [0.05, 0.1) is 24.2 Å². The van der Waals surface area contributed by atoms with E-state index in [4.69, 9.17) is 14.7 Å². The first-order chi connectivity index (χ1) is 14.9. The fourth-order valence-electron chi connectivity index (χ4n) is 2.56. The zero-order valence-corrected chi connectivity index (χ0v) is 18.5. The first kappa shape index (κ1) is 24.2. The van der Waals surface area contributed by atoms with Crippen LogP contribution in [-0.4, -0.2) is 34.1 Å². The molecule has 9 heteroatoms. The number of carbonyl (C=O) groups is 1. The Morgan fingerprint density at radius 1 is 1.00 bits per heavy atom. The number of nitrogens with one attached hydrogen (secondary N) is 2. The zero-order valence-electron chi connectivity index (χ0n) is 17.7. The highest BCUT2D eigenvalue weighted by atomic mass is 32.2. The van der Waals surface area contributed by atoms with Crippen molar-refractivity contribution in [3.63, 3.8) is 0 Å². The Kier molecular flexibility index (Phi) is 9.31. The van der Waals surface area contributed by atoms with Gasteiger partial charge >= 0.3 is 0 Å². The molecule has 0 aromatic heterocycles. The van der Waals surface area contributed by atoms with Gasteiger partial charge in [-0.25, -0.2) is 13.1 Å². The standard InChI is InChI=1S/C22H27N3O5S/c1-3-14-29-20-11-8-18(16-21(20)30-15-4-2)25-22(26)17-6-9-19(10-7-17)31(27,28)24-13-5-12-23/h6-11,16,24H,3-5,13-15H2,1-2H3,(H,25,26). The molecule has 2 aromatic carbocycles. The van der Waals surface area contributed by atoms with Gasteiger partial charge in [-0.05, 0) is 49.2 Å². The predicted octanol–water partition coefficient (Wildman–Crippen LogP) is 3.71. The number of hydrogen-bond acceptors (Lipinski definition) is 6. The summed E-state index contributed by atoms with van der Waals surface area (Å²) in [5, 5.41) is 11.3. The molecule has 0 heterocycles. The van der Waals surface area contributed by atoms with Crippen LogP contribution in [0, 0.1) is 11.3 Å². The van der Waals surface area contributed by atoms with Gasteiger partial charge in [-0.2, -0.15) is 5.26 Å². The number of rotatable bonds is 12. The minimum absolute atomic E-state index is 0.0228. The molecular formula is C22H27N3O5S. The topological polar surface area (TPSA) is 118 Å². The second-order valence-corrected chi connectivity index (χ2v) is 8.41. The molecule has 0 aliphatic heterocycles. The lowest BCUT2D eigenvalue weighted by Gasteiger charge is -2.14. The number of hydrogen-bond donors (Lipinski definition) is 2. The maximum absolute atomic E-state index is 12.6. The molecule has 0 aliphatic carbocycles.